The maximum absolute atomic E-state index is 14.0. The minimum Gasteiger partial charge on any atom is -0.494 e. The first-order valence-corrected chi connectivity index (χ1v) is 13.2. The van der Waals surface area contributed by atoms with Crippen molar-refractivity contribution in [1.29, 1.82) is 0 Å². The molecule has 7 heteroatoms. The fourth-order valence-corrected chi connectivity index (χ4v) is 5.25. The zero-order valence-corrected chi connectivity index (χ0v) is 22.3. The van der Waals surface area contributed by atoms with E-state index in [0.29, 0.717) is 13.2 Å². The maximum Gasteiger partial charge on any atom is 0.322 e. The Bertz CT molecular complexity index is 1600. The number of aryl methyl sites for hydroxylation is 2. The lowest BCUT2D eigenvalue weighted by Gasteiger charge is -2.31. The topological polar surface area (TPSA) is 64.3 Å². The predicted octanol–water partition coefficient (Wildman–Crippen LogP) is 6.82. The van der Waals surface area contributed by atoms with Gasteiger partial charge in [0.1, 0.15) is 11.6 Å². The molecule has 3 aromatic carbocycles. The molecule has 1 aliphatic rings. The molecule has 0 bridgehead atoms. The number of nitrogens with zero attached hydrogens (tertiary/aromatic N) is 4. The van der Waals surface area contributed by atoms with Crippen LogP contribution < -0.4 is 10.1 Å². The normalized spacial score (nSPS) is 14.3. The van der Waals surface area contributed by atoms with Gasteiger partial charge < -0.3 is 19.5 Å². The molecule has 3 heterocycles. The third-order valence-electron chi connectivity index (χ3n) is 7.16. The monoisotopic (exact) mass is 517 g/mol. The van der Waals surface area contributed by atoms with E-state index in [0.717, 1.165) is 51.0 Å². The highest BCUT2D eigenvalue weighted by atomic mass is 16.5. The Labute approximate surface area is 228 Å². The van der Waals surface area contributed by atoms with Gasteiger partial charge in [-0.15, -0.1) is 0 Å². The molecule has 1 N–H and O–H groups in total. The van der Waals surface area contributed by atoms with Gasteiger partial charge in [0.15, 0.2) is 0 Å². The summed E-state index contributed by atoms with van der Waals surface area (Å²) in [6, 6.07) is 29.6. The zero-order chi connectivity index (χ0) is 26.9. The Morgan fingerprint density at radius 1 is 0.949 bits per heavy atom. The smallest absolute Gasteiger partial charge is 0.322 e. The second kappa shape index (κ2) is 10.2. The summed E-state index contributed by atoms with van der Waals surface area (Å²) >= 11 is 0. The number of fused-ring (bicyclic) bond motifs is 3. The number of anilines is 1. The van der Waals surface area contributed by atoms with Crippen LogP contribution in [0.1, 0.15) is 41.0 Å². The zero-order valence-electron chi connectivity index (χ0n) is 22.3. The number of nitrogens with one attached hydrogen (secondary N) is 1. The van der Waals surface area contributed by atoms with Crippen molar-refractivity contribution in [3.8, 4) is 17.3 Å². The maximum atomic E-state index is 14.0. The molecule has 0 saturated heterocycles. The van der Waals surface area contributed by atoms with E-state index in [1.165, 1.54) is 0 Å². The van der Waals surface area contributed by atoms with E-state index in [-0.39, 0.29) is 12.1 Å². The molecule has 1 atom stereocenters. The number of ether oxygens (including phenoxy) is 1. The van der Waals surface area contributed by atoms with Gasteiger partial charge in [0.25, 0.3) is 0 Å². The number of carbonyl (C=O) groups is 1. The Morgan fingerprint density at radius 3 is 2.41 bits per heavy atom. The average Bonchev–Trinajstić information content (AvgIpc) is 3.51. The molecule has 0 aliphatic carbocycles. The number of aromatic nitrogens is 3. The first-order chi connectivity index (χ1) is 19.0. The second-order valence-corrected chi connectivity index (χ2v) is 9.77. The summed E-state index contributed by atoms with van der Waals surface area (Å²) in [6.07, 6.45) is 2.05. The molecule has 39 heavy (non-hydrogen) atoms. The highest BCUT2D eigenvalue weighted by Gasteiger charge is 2.36. The van der Waals surface area contributed by atoms with Gasteiger partial charge in [-0.2, -0.15) is 5.10 Å². The van der Waals surface area contributed by atoms with Gasteiger partial charge in [0.05, 0.1) is 36.3 Å². The third kappa shape index (κ3) is 4.56. The average molecular weight is 518 g/mol. The van der Waals surface area contributed by atoms with E-state index in [4.69, 9.17) is 9.84 Å². The van der Waals surface area contributed by atoms with Crippen molar-refractivity contribution in [3.63, 3.8) is 0 Å². The molecule has 0 radical (unpaired) electrons. The Kier molecular flexibility index (Phi) is 6.40. The van der Waals surface area contributed by atoms with Crippen LogP contribution in [0.2, 0.25) is 0 Å². The molecule has 1 aliphatic heterocycles. The van der Waals surface area contributed by atoms with Crippen LogP contribution in [-0.4, -0.2) is 31.9 Å². The number of rotatable bonds is 5. The van der Waals surface area contributed by atoms with E-state index in [9.17, 15) is 4.79 Å². The first-order valence-electron chi connectivity index (χ1n) is 13.2. The number of benzene rings is 3. The lowest BCUT2D eigenvalue weighted by molar-refractivity contribution is 0.194. The van der Waals surface area contributed by atoms with Crippen LogP contribution in [0, 0.1) is 13.8 Å². The van der Waals surface area contributed by atoms with Crippen LogP contribution in [0.25, 0.3) is 11.5 Å². The van der Waals surface area contributed by atoms with Gasteiger partial charge >= 0.3 is 6.03 Å². The molecule has 0 spiro atoms. The van der Waals surface area contributed by atoms with Crippen molar-refractivity contribution in [3.05, 3.63) is 125 Å². The van der Waals surface area contributed by atoms with Crippen LogP contribution in [0.15, 0.2) is 97.2 Å². The molecule has 0 saturated carbocycles. The van der Waals surface area contributed by atoms with Gasteiger partial charge in [0.2, 0.25) is 0 Å². The molecular weight excluding hydrogens is 486 g/mol. The molecule has 2 amide bonds. The minimum atomic E-state index is -0.336. The molecule has 2 aromatic heterocycles. The summed E-state index contributed by atoms with van der Waals surface area (Å²) in [5.74, 6) is 1.75. The van der Waals surface area contributed by atoms with Crippen LogP contribution in [0.3, 0.4) is 0 Å². The predicted molar refractivity (Wildman–Crippen MR) is 153 cm³/mol. The van der Waals surface area contributed by atoms with Crippen molar-refractivity contribution in [1.82, 2.24) is 19.2 Å². The van der Waals surface area contributed by atoms with E-state index >= 15 is 0 Å². The van der Waals surface area contributed by atoms with Gasteiger partial charge in [-0.25, -0.2) is 9.48 Å². The van der Waals surface area contributed by atoms with Crippen LogP contribution in [-0.2, 0) is 6.54 Å². The van der Waals surface area contributed by atoms with Crippen LogP contribution in [0.5, 0.6) is 5.75 Å². The van der Waals surface area contributed by atoms with Crippen molar-refractivity contribution < 1.29 is 9.53 Å². The third-order valence-corrected chi connectivity index (χ3v) is 7.16. The Hall–Kier alpha value is -4.78. The summed E-state index contributed by atoms with van der Waals surface area (Å²) in [4.78, 5) is 15.9. The number of urea groups is 1. The summed E-state index contributed by atoms with van der Waals surface area (Å²) in [6.45, 7) is 7.01. The highest BCUT2D eigenvalue weighted by Crippen LogP contribution is 2.39. The molecule has 6 rings (SSSR count). The van der Waals surface area contributed by atoms with Crippen molar-refractivity contribution in [2.75, 3.05) is 11.9 Å². The fraction of sp³-hybridized carbons (Fsp3) is 0.188. The van der Waals surface area contributed by atoms with Gasteiger partial charge in [-0.05, 0) is 74.9 Å². The second-order valence-electron chi connectivity index (χ2n) is 9.77. The summed E-state index contributed by atoms with van der Waals surface area (Å²) in [5.41, 5.74) is 6.73. The van der Waals surface area contributed by atoms with E-state index in [1.54, 1.807) is 0 Å². The summed E-state index contributed by atoms with van der Waals surface area (Å²) < 4.78 is 9.85. The molecular formula is C32H31N5O2. The lowest BCUT2D eigenvalue weighted by atomic mass is 10.0. The van der Waals surface area contributed by atoms with Gasteiger partial charge in [-0.3, -0.25) is 0 Å². The number of carbonyl (C=O) groups excluding carboxylic acids is 1. The number of para-hydroxylation sites is 1. The van der Waals surface area contributed by atoms with E-state index in [2.05, 4.69) is 22.1 Å². The number of hydrogen-bond donors (Lipinski definition) is 1. The Morgan fingerprint density at radius 2 is 1.69 bits per heavy atom. The standard InChI is InChI=1S/C32H31N5O2/c1-4-39-27-18-14-24(15-19-27)30-29-11-8-20-35(29)31-28(23(3)34-37(31)26-9-6-5-7-10-26)21-36(30)32(38)33-25-16-12-22(2)13-17-25/h5-20,30H,4,21H2,1-3H3,(H,33,38)/t30-/m1/s1. The van der Waals surface area contributed by atoms with E-state index < -0.39 is 0 Å². The molecule has 0 fully saturated rings. The van der Waals surface area contributed by atoms with Crippen LogP contribution >= 0.6 is 0 Å². The minimum absolute atomic E-state index is 0.176. The number of amides is 2. The number of hydrogen-bond acceptors (Lipinski definition) is 3. The lowest BCUT2D eigenvalue weighted by Crippen LogP contribution is -2.38. The SMILES string of the molecule is CCOc1ccc([C@@H]2c3cccn3-c3c(c(C)nn3-c3ccccc3)CN2C(=O)Nc2ccc(C)cc2)cc1. The highest BCUT2D eigenvalue weighted by molar-refractivity contribution is 5.90. The Balaban J connectivity index is 1.50. The summed E-state index contributed by atoms with van der Waals surface area (Å²) in [7, 11) is 0. The van der Waals surface area contributed by atoms with Gasteiger partial charge in [0, 0.05) is 17.4 Å². The molecule has 196 valence electrons. The quantitative estimate of drug-likeness (QED) is 0.278. The van der Waals surface area contributed by atoms with E-state index in [1.807, 2.05) is 115 Å². The fourth-order valence-electron chi connectivity index (χ4n) is 5.25. The van der Waals surface area contributed by atoms with Crippen molar-refractivity contribution >= 4 is 11.7 Å². The largest absolute Gasteiger partial charge is 0.494 e. The van der Waals surface area contributed by atoms with Crippen molar-refractivity contribution in [2.45, 2.75) is 33.4 Å². The van der Waals surface area contributed by atoms with Gasteiger partial charge in [-0.1, -0.05) is 48.0 Å². The van der Waals surface area contributed by atoms with Crippen LogP contribution in [0.4, 0.5) is 10.5 Å². The summed E-state index contributed by atoms with van der Waals surface area (Å²) in [5, 5.41) is 8.06. The molecule has 7 nitrogen and oxygen atoms in total. The first kappa shape index (κ1) is 24.6. The molecule has 0 unspecified atom stereocenters. The van der Waals surface area contributed by atoms with Crippen molar-refractivity contribution in [2.24, 2.45) is 0 Å². The molecule has 5 aromatic rings.